The summed E-state index contributed by atoms with van der Waals surface area (Å²) in [5, 5.41) is 16.7. The van der Waals surface area contributed by atoms with E-state index in [-0.39, 0.29) is 5.75 Å². The molecule has 1 heterocycles. The van der Waals surface area contributed by atoms with Crippen molar-refractivity contribution in [3.8, 4) is 22.6 Å². The lowest BCUT2D eigenvalue weighted by atomic mass is 10.1. The smallest absolute Gasteiger partial charge is 0.167 e. The van der Waals surface area contributed by atoms with Crippen LogP contribution in [-0.2, 0) is 0 Å². The van der Waals surface area contributed by atoms with Crippen LogP contribution in [0.4, 0.5) is 5.82 Å². The first-order valence-corrected chi connectivity index (χ1v) is 4.87. The summed E-state index contributed by atoms with van der Waals surface area (Å²) in [5.74, 6) is 0.619. The number of benzene rings is 1. The summed E-state index contributed by atoms with van der Waals surface area (Å²) in [5.41, 5.74) is 6.63. The molecule has 0 amide bonds. The van der Waals surface area contributed by atoms with Crippen LogP contribution in [0.2, 0.25) is 5.02 Å². The Morgan fingerprint density at radius 1 is 1.50 bits per heavy atom. The molecule has 6 heteroatoms. The van der Waals surface area contributed by atoms with Crippen molar-refractivity contribution in [2.45, 2.75) is 0 Å². The number of phenolic OH excluding ortho intramolecular Hbond substituents is 1. The number of hydrogen-bond donors (Lipinski definition) is 3. The molecular weight excluding hydrogens is 230 g/mol. The second-order valence-electron chi connectivity index (χ2n) is 3.17. The highest BCUT2D eigenvalue weighted by atomic mass is 35.5. The molecule has 0 saturated carbocycles. The van der Waals surface area contributed by atoms with Gasteiger partial charge in [-0.15, -0.1) is 0 Å². The normalized spacial score (nSPS) is 10.4. The van der Waals surface area contributed by atoms with Crippen molar-refractivity contribution < 1.29 is 9.84 Å². The largest absolute Gasteiger partial charge is 0.504 e. The average Bonchev–Trinajstić information content (AvgIpc) is 2.66. The first-order chi connectivity index (χ1) is 7.65. The van der Waals surface area contributed by atoms with E-state index < -0.39 is 0 Å². The van der Waals surface area contributed by atoms with Crippen LogP contribution >= 0.6 is 11.6 Å². The molecule has 0 radical (unpaired) electrons. The van der Waals surface area contributed by atoms with Gasteiger partial charge in [-0.2, -0.15) is 5.10 Å². The summed E-state index contributed by atoms with van der Waals surface area (Å²) in [6.07, 6.45) is 1.50. The first-order valence-electron chi connectivity index (χ1n) is 4.49. The number of aromatic nitrogens is 2. The number of aromatic amines is 1. The van der Waals surface area contributed by atoms with Gasteiger partial charge in [0.15, 0.2) is 11.5 Å². The molecule has 0 unspecified atom stereocenters. The van der Waals surface area contributed by atoms with E-state index in [9.17, 15) is 5.11 Å². The number of methoxy groups -OCH3 is 1. The number of nitrogens with two attached hydrogens (primary N) is 1. The molecule has 0 spiro atoms. The molecule has 1 aromatic heterocycles. The maximum atomic E-state index is 9.96. The van der Waals surface area contributed by atoms with Crippen molar-refractivity contribution in [2.75, 3.05) is 12.8 Å². The lowest BCUT2D eigenvalue weighted by Gasteiger charge is -2.09. The van der Waals surface area contributed by atoms with Gasteiger partial charge in [0.2, 0.25) is 0 Å². The molecule has 16 heavy (non-hydrogen) atoms. The van der Waals surface area contributed by atoms with E-state index in [0.29, 0.717) is 27.7 Å². The summed E-state index contributed by atoms with van der Waals surface area (Å²) in [6.45, 7) is 0. The van der Waals surface area contributed by atoms with E-state index in [1.807, 2.05) is 0 Å². The summed E-state index contributed by atoms with van der Waals surface area (Å²) < 4.78 is 5.00. The lowest BCUT2D eigenvalue weighted by Crippen LogP contribution is -1.91. The topological polar surface area (TPSA) is 84.2 Å². The Bertz CT molecular complexity index is 525. The molecule has 0 bridgehead atoms. The zero-order valence-electron chi connectivity index (χ0n) is 8.49. The number of nitrogens with one attached hydrogen (secondary N) is 1. The fraction of sp³-hybridized carbons (Fsp3) is 0.100. The molecule has 0 aliphatic rings. The number of nitrogens with zero attached hydrogens (tertiary/aromatic N) is 1. The highest BCUT2D eigenvalue weighted by molar-refractivity contribution is 6.34. The summed E-state index contributed by atoms with van der Waals surface area (Å²) in [7, 11) is 1.46. The van der Waals surface area contributed by atoms with Gasteiger partial charge in [0.1, 0.15) is 5.82 Å². The lowest BCUT2D eigenvalue weighted by molar-refractivity contribution is 0.374. The molecular formula is C10H10ClN3O2. The number of rotatable bonds is 2. The van der Waals surface area contributed by atoms with Gasteiger partial charge >= 0.3 is 0 Å². The second-order valence-corrected chi connectivity index (χ2v) is 3.58. The van der Waals surface area contributed by atoms with Crippen LogP contribution in [0.5, 0.6) is 11.5 Å². The molecule has 0 aliphatic heterocycles. The van der Waals surface area contributed by atoms with E-state index in [2.05, 4.69) is 10.2 Å². The highest BCUT2D eigenvalue weighted by Gasteiger charge is 2.17. The molecule has 0 atom stereocenters. The minimum Gasteiger partial charge on any atom is -0.504 e. The minimum atomic E-state index is -0.0527. The maximum Gasteiger partial charge on any atom is 0.167 e. The third-order valence-corrected chi connectivity index (χ3v) is 2.56. The van der Waals surface area contributed by atoms with Crippen LogP contribution in [0.3, 0.4) is 0 Å². The Kier molecular flexibility index (Phi) is 2.62. The summed E-state index contributed by atoms with van der Waals surface area (Å²) in [6, 6.07) is 3.21. The Balaban J connectivity index is 2.69. The molecule has 84 valence electrons. The fourth-order valence-electron chi connectivity index (χ4n) is 1.46. The summed E-state index contributed by atoms with van der Waals surface area (Å²) in [4.78, 5) is 0. The van der Waals surface area contributed by atoms with Crippen molar-refractivity contribution in [1.82, 2.24) is 10.2 Å². The van der Waals surface area contributed by atoms with E-state index >= 15 is 0 Å². The summed E-state index contributed by atoms with van der Waals surface area (Å²) >= 11 is 6.01. The molecule has 1 aromatic carbocycles. The third kappa shape index (κ3) is 1.55. The molecule has 2 rings (SSSR count). The number of hydrogen-bond acceptors (Lipinski definition) is 4. The molecule has 2 aromatic rings. The van der Waals surface area contributed by atoms with E-state index in [1.54, 1.807) is 12.1 Å². The highest BCUT2D eigenvalue weighted by Crippen LogP contribution is 2.43. The van der Waals surface area contributed by atoms with Crippen molar-refractivity contribution in [2.24, 2.45) is 0 Å². The maximum absolute atomic E-state index is 9.96. The zero-order valence-corrected chi connectivity index (χ0v) is 9.25. The van der Waals surface area contributed by atoms with Crippen LogP contribution in [0, 0.1) is 0 Å². The van der Waals surface area contributed by atoms with Crippen molar-refractivity contribution in [1.29, 1.82) is 0 Å². The van der Waals surface area contributed by atoms with Gasteiger partial charge in [0.05, 0.1) is 23.9 Å². The molecule has 5 nitrogen and oxygen atoms in total. The Labute approximate surface area is 96.8 Å². The van der Waals surface area contributed by atoms with Crippen LogP contribution in [0.1, 0.15) is 0 Å². The predicted octanol–water partition coefficient (Wildman–Crippen LogP) is 2.03. The number of H-pyrrole nitrogens is 1. The van der Waals surface area contributed by atoms with E-state index in [0.717, 1.165) is 0 Å². The number of phenols is 1. The van der Waals surface area contributed by atoms with Gasteiger partial charge in [-0.05, 0) is 12.1 Å². The minimum absolute atomic E-state index is 0.0527. The zero-order chi connectivity index (χ0) is 11.7. The number of halogens is 1. The van der Waals surface area contributed by atoms with Gasteiger partial charge in [-0.25, -0.2) is 0 Å². The Morgan fingerprint density at radius 3 is 2.81 bits per heavy atom. The molecule has 4 N–H and O–H groups in total. The SMILES string of the molecule is COc1ccc(Cl)c(-c2cn[nH]c2N)c1O. The molecule has 0 aliphatic carbocycles. The number of anilines is 1. The van der Waals surface area contributed by atoms with E-state index in [4.69, 9.17) is 22.1 Å². The van der Waals surface area contributed by atoms with Crippen LogP contribution in [-0.4, -0.2) is 22.4 Å². The van der Waals surface area contributed by atoms with Crippen LogP contribution < -0.4 is 10.5 Å². The number of ether oxygens (including phenoxy) is 1. The van der Waals surface area contributed by atoms with Crippen molar-refractivity contribution >= 4 is 17.4 Å². The fourth-order valence-corrected chi connectivity index (χ4v) is 1.72. The Hall–Kier alpha value is -1.88. The number of aromatic hydroxyl groups is 1. The van der Waals surface area contributed by atoms with Gasteiger partial charge in [-0.1, -0.05) is 11.6 Å². The molecule has 0 fully saturated rings. The monoisotopic (exact) mass is 239 g/mol. The van der Waals surface area contributed by atoms with Crippen molar-refractivity contribution in [3.05, 3.63) is 23.4 Å². The van der Waals surface area contributed by atoms with Gasteiger partial charge in [-0.3, -0.25) is 5.10 Å². The quantitative estimate of drug-likeness (QED) is 0.749. The first kappa shape index (κ1) is 10.6. The second kappa shape index (κ2) is 3.94. The van der Waals surface area contributed by atoms with Crippen molar-refractivity contribution in [3.63, 3.8) is 0 Å². The van der Waals surface area contributed by atoms with Crippen LogP contribution in [0.15, 0.2) is 18.3 Å². The van der Waals surface area contributed by atoms with Gasteiger partial charge < -0.3 is 15.6 Å². The van der Waals surface area contributed by atoms with E-state index in [1.165, 1.54) is 13.3 Å². The third-order valence-electron chi connectivity index (χ3n) is 2.25. The average molecular weight is 240 g/mol. The molecule has 0 saturated heterocycles. The number of nitrogen functional groups attached to an aromatic ring is 1. The van der Waals surface area contributed by atoms with Gasteiger partial charge in [0, 0.05) is 5.56 Å². The standard InChI is InChI=1S/C10H10ClN3O2/c1-16-7-3-2-6(11)8(9(7)15)5-4-13-14-10(5)12/h2-4,15H,1H3,(H3,12,13,14). The Morgan fingerprint density at radius 2 is 2.25 bits per heavy atom. The predicted molar refractivity (Wildman–Crippen MR) is 61.7 cm³/mol. The van der Waals surface area contributed by atoms with Gasteiger partial charge in [0.25, 0.3) is 0 Å². The van der Waals surface area contributed by atoms with Crippen LogP contribution in [0.25, 0.3) is 11.1 Å².